The Morgan fingerprint density at radius 1 is 1.25 bits per heavy atom. The molecule has 2 aromatic carbocycles. The monoisotopic (exact) mass is 390 g/mol. The number of carbonyl (C=O) groups is 1. The number of hydrazone groups is 1. The highest BCUT2D eigenvalue weighted by Crippen LogP contribution is 2.25. The first kappa shape index (κ1) is 18.0. The fourth-order valence-electron chi connectivity index (χ4n) is 2.12. The molecule has 126 valence electrons. The van der Waals surface area contributed by atoms with Crippen molar-refractivity contribution in [2.45, 2.75) is 20.8 Å². The average molecular weight is 391 g/mol. The standard InChI is InChI=1S/C18H19BrN2O3/c1-11-4-5-12(2)18(13(11)3)24-10-17(23)21-20-9-14-8-15(22)6-7-16(14)19/h4-9,22H,10H2,1-3H3,(H,21,23). The molecule has 24 heavy (non-hydrogen) atoms. The molecule has 2 aromatic rings. The lowest BCUT2D eigenvalue weighted by Crippen LogP contribution is -2.25. The van der Waals surface area contributed by atoms with Gasteiger partial charge in [-0.25, -0.2) is 5.43 Å². The minimum Gasteiger partial charge on any atom is -0.508 e. The van der Waals surface area contributed by atoms with E-state index in [2.05, 4.69) is 26.5 Å². The predicted molar refractivity (Wildman–Crippen MR) is 97.7 cm³/mol. The van der Waals surface area contributed by atoms with E-state index in [0.717, 1.165) is 26.9 Å². The van der Waals surface area contributed by atoms with Gasteiger partial charge in [-0.15, -0.1) is 0 Å². The van der Waals surface area contributed by atoms with Crippen LogP contribution in [0.25, 0.3) is 0 Å². The van der Waals surface area contributed by atoms with E-state index in [1.165, 1.54) is 12.3 Å². The van der Waals surface area contributed by atoms with Gasteiger partial charge in [0.05, 0.1) is 6.21 Å². The van der Waals surface area contributed by atoms with E-state index in [-0.39, 0.29) is 18.3 Å². The number of amides is 1. The van der Waals surface area contributed by atoms with Crippen LogP contribution in [-0.2, 0) is 4.79 Å². The molecule has 2 rings (SSSR count). The van der Waals surface area contributed by atoms with Crippen LogP contribution in [0.15, 0.2) is 39.9 Å². The molecule has 0 unspecified atom stereocenters. The maximum Gasteiger partial charge on any atom is 0.277 e. The normalized spacial score (nSPS) is 10.8. The third kappa shape index (κ3) is 4.58. The summed E-state index contributed by atoms with van der Waals surface area (Å²) in [6.07, 6.45) is 1.45. The molecular weight excluding hydrogens is 372 g/mol. The molecule has 5 nitrogen and oxygen atoms in total. The van der Waals surface area contributed by atoms with E-state index < -0.39 is 0 Å². The average Bonchev–Trinajstić information content (AvgIpc) is 2.54. The number of benzene rings is 2. The molecule has 0 aliphatic heterocycles. The molecule has 0 aromatic heterocycles. The Kier molecular flexibility index (Phi) is 5.98. The van der Waals surface area contributed by atoms with Crippen molar-refractivity contribution in [2.24, 2.45) is 5.10 Å². The second-order valence-electron chi connectivity index (χ2n) is 5.44. The predicted octanol–water partition coefficient (Wildman–Crippen LogP) is 3.61. The summed E-state index contributed by atoms with van der Waals surface area (Å²) in [5.41, 5.74) is 6.18. The third-order valence-corrected chi connectivity index (χ3v) is 4.32. The number of hydrogen-bond acceptors (Lipinski definition) is 4. The van der Waals surface area contributed by atoms with Crippen molar-refractivity contribution < 1.29 is 14.6 Å². The summed E-state index contributed by atoms with van der Waals surface area (Å²) in [4.78, 5) is 11.9. The Hall–Kier alpha value is -2.34. The Morgan fingerprint density at radius 2 is 1.96 bits per heavy atom. The van der Waals surface area contributed by atoms with Crippen molar-refractivity contribution in [3.05, 3.63) is 57.1 Å². The van der Waals surface area contributed by atoms with Gasteiger partial charge < -0.3 is 9.84 Å². The first-order valence-corrected chi connectivity index (χ1v) is 8.18. The number of phenols is 1. The van der Waals surface area contributed by atoms with Crippen LogP contribution in [0.1, 0.15) is 22.3 Å². The van der Waals surface area contributed by atoms with Crippen LogP contribution in [0.5, 0.6) is 11.5 Å². The van der Waals surface area contributed by atoms with Crippen LogP contribution < -0.4 is 10.2 Å². The maximum atomic E-state index is 11.9. The zero-order valence-corrected chi connectivity index (χ0v) is 15.3. The van der Waals surface area contributed by atoms with Gasteiger partial charge in [-0.1, -0.05) is 28.1 Å². The molecule has 0 aliphatic carbocycles. The summed E-state index contributed by atoms with van der Waals surface area (Å²) in [5.74, 6) is 0.493. The Balaban J connectivity index is 1.94. The molecule has 0 radical (unpaired) electrons. The number of halogens is 1. The third-order valence-electron chi connectivity index (χ3n) is 3.59. The first-order valence-electron chi connectivity index (χ1n) is 7.38. The number of phenolic OH excluding ortho intramolecular Hbond substituents is 1. The number of rotatable bonds is 5. The van der Waals surface area contributed by atoms with Crippen molar-refractivity contribution in [2.75, 3.05) is 6.61 Å². The van der Waals surface area contributed by atoms with Crippen LogP contribution in [0.4, 0.5) is 0 Å². The minimum absolute atomic E-state index is 0.121. The van der Waals surface area contributed by atoms with Gasteiger partial charge in [0.15, 0.2) is 6.61 Å². The van der Waals surface area contributed by atoms with E-state index >= 15 is 0 Å². The van der Waals surface area contributed by atoms with Crippen molar-refractivity contribution in [3.63, 3.8) is 0 Å². The van der Waals surface area contributed by atoms with Crippen molar-refractivity contribution in [1.29, 1.82) is 0 Å². The summed E-state index contributed by atoms with van der Waals surface area (Å²) >= 11 is 3.34. The van der Waals surface area contributed by atoms with Gasteiger partial charge in [0.1, 0.15) is 11.5 Å². The van der Waals surface area contributed by atoms with Crippen LogP contribution in [0, 0.1) is 20.8 Å². The molecule has 0 fully saturated rings. The molecule has 6 heteroatoms. The van der Waals surface area contributed by atoms with Gasteiger partial charge in [-0.2, -0.15) is 5.10 Å². The molecule has 2 N–H and O–H groups in total. The van der Waals surface area contributed by atoms with Gasteiger partial charge in [-0.05, 0) is 55.7 Å². The number of nitrogens with one attached hydrogen (secondary N) is 1. The molecule has 0 bridgehead atoms. The highest BCUT2D eigenvalue weighted by Gasteiger charge is 2.08. The summed E-state index contributed by atoms with van der Waals surface area (Å²) in [6.45, 7) is 5.78. The molecule has 0 heterocycles. The van der Waals surface area contributed by atoms with E-state index in [0.29, 0.717) is 5.56 Å². The topological polar surface area (TPSA) is 70.9 Å². The molecule has 0 spiro atoms. The van der Waals surface area contributed by atoms with Crippen LogP contribution in [-0.4, -0.2) is 23.8 Å². The summed E-state index contributed by atoms with van der Waals surface area (Å²) < 4.78 is 6.39. The lowest BCUT2D eigenvalue weighted by atomic mass is 10.1. The van der Waals surface area contributed by atoms with Gasteiger partial charge in [0.25, 0.3) is 5.91 Å². The second kappa shape index (κ2) is 7.97. The summed E-state index contributed by atoms with van der Waals surface area (Å²) in [6, 6.07) is 8.78. The zero-order valence-electron chi connectivity index (χ0n) is 13.8. The van der Waals surface area contributed by atoms with Gasteiger partial charge in [0, 0.05) is 10.0 Å². The lowest BCUT2D eigenvalue weighted by molar-refractivity contribution is -0.123. The van der Waals surface area contributed by atoms with Crippen molar-refractivity contribution >= 4 is 28.1 Å². The Morgan fingerprint density at radius 3 is 2.71 bits per heavy atom. The lowest BCUT2D eigenvalue weighted by Gasteiger charge is -2.13. The number of nitrogens with zero attached hydrogens (tertiary/aromatic N) is 1. The fraction of sp³-hybridized carbons (Fsp3) is 0.222. The summed E-state index contributed by atoms with van der Waals surface area (Å²) in [7, 11) is 0. The number of aromatic hydroxyl groups is 1. The number of carbonyl (C=O) groups excluding carboxylic acids is 1. The number of ether oxygens (including phenoxy) is 1. The molecular formula is C18H19BrN2O3. The van der Waals surface area contributed by atoms with Gasteiger partial charge in [0.2, 0.25) is 0 Å². The second-order valence-corrected chi connectivity index (χ2v) is 6.30. The van der Waals surface area contributed by atoms with Crippen LogP contribution >= 0.6 is 15.9 Å². The smallest absolute Gasteiger partial charge is 0.277 e. The van der Waals surface area contributed by atoms with Gasteiger partial charge in [-0.3, -0.25) is 4.79 Å². The highest BCUT2D eigenvalue weighted by molar-refractivity contribution is 9.10. The molecule has 0 aliphatic rings. The zero-order chi connectivity index (χ0) is 17.7. The highest BCUT2D eigenvalue weighted by atomic mass is 79.9. The van der Waals surface area contributed by atoms with Crippen molar-refractivity contribution in [3.8, 4) is 11.5 Å². The largest absolute Gasteiger partial charge is 0.508 e. The number of aryl methyl sites for hydroxylation is 2. The molecule has 0 saturated heterocycles. The van der Waals surface area contributed by atoms with Crippen LogP contribution in [0.3, 0.4) is 0 Å². The Bertz CT molecular complexity index is 788. The van der Waals surface area contributed by atoms with E-state index in [4.69, 9.17) is 4.74 Å². The van der Waals surface area contributed by atoms with E-state index in [9.17, 15) is 9.90 Å². The van der Waals surface area contributed by atoms with E-state index in [1.54, 1.807) is 12.1 Å². The van der Waals surface area contributed by atoms with E-state index in [1.807, 2.05) is 32.9 Å². The summed E-state index contributed by atoms with van der Waals surface area (Å²) in [5, 5.41) is 13.3. The molecule has 1 amide bonds. The molecule has 0 atom stereocenters. The van der Waals surface area contributed by atoms with Gasteiger partial charge >= 0.3 is 0 Å². The maximum absolute atomic E-state index is 11.9. The van der Waals surface area contributed by atoms with Crippen LogP contribution in [0.2, 0.25) is 0 Å². The quantitative estimate of drug-likeness (QED) is 0.604. The minimum atomic E-state index is -0.358. The number of hydrogen-bond donors (Lipinski definition) is 2. The fourth-order valence-corrected chi connectivity index (χ4v) is 2.47. The molecule has 0 saturated carbocycles. The first-order chi connectivity index (χ1) is 11.4. The Labute approximate surface area is 149 Å². The SMILES string of the molecule is Cc1ccc(C)c(OCC(=O)NN=Cc2cc(O)ccc2Br)c1C. The van der Waals surface area contributed by atoms with Crippen molar-refractivity contribution in [1.82, 2.24) is 5.43 Å².